The van der Waals surface area contributed by atoms with Gasteiger partial charge in [-0.1, -0.05) is 31.5 Å². The Morgan fingerprint density at radius 1 is 1.35 bits per heavy atom. The van der Waals surface area contributed by atoms with Crippen molar-refractivity contribution in [3.8, 4) is 0 Å². The van der Waals surface area contributed by atoms with E-state index in [1.165, 1.54) is 32.1 Å². The standard InChI is InChI=1S/C13H19N3S/c14-13(17)11-6-7-12(16-9-11)15-8-10-4-2-1-3-5-10/h6-7,9-10H,1-5,8H2,(H2,14,17)(H,15,16). The van der Waals surface area contributed by atoms with Gasteiger partial charge in [-0.3, -0.25) is 0 Å². The van der Waals surface area contributed by atoms with E-state index in [4.69, 9.17) is 18.0 Å². The second-order valence-electron chi connectivity index (χ2n) is 4.68. The van der Waals surface area contributed by atoms with Crippen LogP contribution in [0.5, 0.6) is 0 Å². The predicted molar refractivity (Wildman–Crippen MR) is 75.2 cm³/mol. The van der Waals surface area contributed by atoms with E-state index in [1.54, 1.807) is 6.20 Å². The molecule has 0 amide bonds. The molecule has 3 N–H and O–H groups in total. The molecule has 0 radical (unpaired) electrons. The van der Waals surface area contributed by atoms with Crippen molar-refractivity contribution >= 4 is 23.0 Å². The summed E-state index contributed by atoms with van der Waals surface area (Å²) in [4.78, 5) is 4.71. The maximum Gasteiger partial charge on any atom is 0.125 e. The first kappa shape index (κ1) is 12.3. The second-order valence-corrected chi connectivity index (χ2v) is 5.12. The van der Waals surface area contributed by atoms with Gasteiger partial charge < -0.3 is 11.1 Å². The van der Waals surface area contributed by atoms with E-state index in [0.29, 0.717) is 4.99 Å². The Balaban J connectivity index is 1.84. The summed E-state index contributed by atoms with van der Waals surface area (Å²) in [7, 11) is 0. The Kier molecular flexibility index (Phi) is 4.31. The summed E-state index contributed by atoms with van der Waals surface area (Å²) < 4.78 is 0. The number of anilines is 1. The highest BCUT2D eigenvalue weighted by atomic mass is 32.1. The molecule has 1 aliphatic rings. The van der Waals surface area contributed by atoms with E-state index in [0.717, 1.165) is 23.8 Å². The van der Waals surface area contributed by atoms with Crippen LogP contribution in [-0.4, -0.2) is 16.5 Å². The summed E-state index contributed by atoms with van der Waals surface area (Å²) in [5, 5.41) is 3.39. The number of nitrogens with zero attached hydrogens (tertiary/aromatic N) is 1. The zero-order valence-electron chi connectivity index (χ0n) is 9.98. The maximum atomic E-state index is 5.53. The molecule has 0 saturated heterocycles. The molecule has 1 aromatic heterocycles. The molecule has 0 aromatic carbocycles. The maximum absolute atomic E-state index is 5.53. The van der Waals surface area contributed by atoms with Crippen LogP contribution >= 0.6 is 12.2 Å². The molecule has 1 fully saturated rings. The van der Waals surface area contributed by atoms with E-state index in [1.807, 2.05) is 12.1 Å². The van der Waals surface area contributed by atoms with Gasteiger partial charge in [-0.25, -0.2) is 4.98 Å². The first-order valence-corrected chi connectivity index (χ1v) is 6.66. The highest BCUT2D eigenvalue weighted by Crippen LogP contribution is 2.23. The zero-order chi connectivity index (χ0) is 12.1. The van der Waals surface area contributed by atoms with E-state index in [-0.39, 0.29) is 0 Å². The molecule has 1 saturated carbocycles. The van der Waals surface area contributed by atoms with Gasteiger partial charge in [0.1, 0.15) is 10.8 Å². The highest BCUT2D eigenvalue weighted by molar-refractivity contribution is 7.80. The molecular formula is C13H19N3S. The number of nitrogens with two attached hydrogens (primary N) is 1. The zero-order valence-corrected chi connectivity index (χ0v) is 10.8. The third-order valence-corrected chi connectivity index (χ3v) is 3.58. The Bertz CT molecular complexity index is 369. The lowest BCUT2D eigenvalue weighted by molar-refractivity contribution is 0.373. The molecule has 4 heteroatoms. The van der Waals surface area contributed by atoms with Gasteiger partial charge >= 0.3 is 0 Å². The van der Waals surface area contributed by atoms with Crippen LogP contribution in [0, 0.1) is 5.92 Å². The fourth-order valence-corrected chi connectivity index (χ4v) is 2.41. The van der Waals surface area contributed by atoms with Crippen molar-refractivity contribution in [1.29, 1.82) is 0 Å². The predicted octanol–water partition coefficient (Wildman–Crippen LogP) is 2.71. The van der Waals surface area contributed by atoms with Gasteiger partial charge in [0.15, 0.2) is 0 Å². The number of pyridine rings is 1. The summed E-state index contributed by atoms with van der Waals surface area (Å²) in [6.45, 7) is 1.03. The molecule has 0 spiro atoms. The number of hydrogen-bond donors (Lipinski definition) is 2. The number of thiocarbonyl (C=S) groups is 1. The SMILES string of the molecule is NC(=S)c1ccc(NCC2CCCCC2)nc1. The lowest BCUT2D eigenvalue weighted by Crippen LogP contribution is -2.17. The van der Waals surface area contributed by atoms with Crippen molar-refractivity contribution in [3.63, 3.8) is 0 Å². The summed E-state index contributed by atoms with van der Waals surface area (Å²) in [6.07, 6.45) is 8.57. The number of rotatable bonds is 4. The van der Waals surface area contributed by atoms with E-state index >= 15 is 0 Å². The smallest absolute Gasteiger partial charge is 0.125 e. The normalized spacial score (nSPS) is 16.7. The summed E-state index contributed by atoms with van der Waals surface area (Å²) >= 11 is 4.89. The minimum atomic E-state index is 0.399. The van der Waals surface area contributed by atoms with E-state index in [2.05, 4.69) is 10.3 Å². The van der Waals surface area contributed by atoms with Gasteiger partial charge in [0.25, 0.3) is 0 Å². The first-order chi connectivity index (χ1) is 8.25. The van der Waals surface area contributed by atoms with Crippen LogP contribution in [-0.2, 0) is 0 Å². The fraction of sp³-hybridized carbons (Fsp3) is 0.538. The summed E-state index contributed by atoms with van der Waals surface area (Å²) in [5.41, 5.74) is 6.35. The molecule has 0 bridgehead atoms. The molecule has 2 rings (SSSR count). The lowest BCUT2D eigenvalue weighted by atomic mass is 9.89. The number of aromatic nitrogens is 1. The van der Waals surface area contributed by atoms with Gasteiger partial charge in [0.05, 0.1) is 0 Å². The highest BCUT2D eigenvalue weighted by Gasteiger charge is 2.12. The average Bonchev–Trinajstić information content (AvgIpc) is 2.38. The van der Waals surface area contributed by atoms with Crippen molar-refractivity contribution in [2.75, 3.05) is 11.9 Å². The van der Waals surface area contributed by atoms with Crippen molar-refractivity contribution in [1.82, 2.24) is 4.98 Å². The molecule has 1 aromatic rings. The molecule has 0 atom stereocenters. The van der Waals surface area contributed by atoms with Crippen molar-refractivity contribution < 1.29 is 0 Å². The van der Waals surface area contributed by atoms with Crippen LogP contribution in [0.4, 0.5) is 5.82 Å². The quantitative estimate of drug-likeness (QED) is 0.806. The van der Waals surface area contributed by atoms with Crippen LogP contribution in [0.15, 0.2) is 18.3 Å². The third kappa shape index (κ3) is 3.66. The topological polar surface area (TPSA) is 50.9 Å². The minimum absolute atomic E-state index is 0.399. The van der Waals surface area contributed by atoms with Gasteiger partial charge in [-0.2, -0.15) is 0 Å². The van der Waals surface area contributed by atoms with Gasteiger partial charge in [0, 0.05) is 18.3 Å². The molecule has 3 nitrogen and oxygen atoms in total. The molecule has 1 heterocycles. The number of nitrogens with one attached hydrogen (secondary N) is 1. The number of hydrogen-bond acceptors (Lipinski definition) is 3. The molecule has 17 heavy (non-hydrogen) atoms. The lowest BCUT2D eigenvalue weighted by Gasteiger charge is -2.21. The third-order valence-electron chi connectivity index (χ3n) is 3.34. The monoisotopic (exact) mass is 249 g/mol. The van der Waals surface area contributed by atoms with Crippen LogP contribution in [0.1, 0.15) is 37.7 Å². The van der Waals surface area contributed by atoms with Crippen LogP contribution in [0.25, 0.3) is 0 Å². The Hall–Kier alpha value is -1.16. The Morgan fingerprint density at radius 2 is 2.12 bits per heavy atom. The molecule has 1 aliphatic carbocycles. The second kappa shape index (κ2) is 5.96. The van der Waals surface area contributed by atoms with Crippen molar-refractivity contribution in [2.24, 2.45) is 11.7 Å². The van der Waals surface area contributed by atoms with Crippen LogP contribution < -0.4 is 11.1 Å². The summed E-state index contributed by atoms with van der Waals surface area (Å²) in [6, 6.07) is 3.86. The first-order valence-electron chi connectivity index (χ1n) is 6.25. The van der Waals surface area contributed by atoms with E-state index in [9.17, 15) is 0 Å². The average molecular weight is 249 g/mol. The van der Waals surface area contributed by atoms with Gasteiger partial charge in [0.2, 0.25) is 0 Å². The molecule has 92 valence electrons. The Morgan fingerprint density at radius 3 is 2.71 bits per heavy atom. The minimum Gasteiger partial charge on any atom is -0.389 e. The van der Waals surface area contributed by atoms with E-state index < -0.39 is 0 Å². The molecular weight excluding hydrogens is 230 g/mol. The van der Waals surface area contributed by atoms with Gasteiger partial charge in [-0.05, 0) is 30.9 Å². The molecule has 0 unspecified atom stereocenters. The van der Waals surface area contributed by atoms with Crippen LogP contribution in [0.3, 0.4) is 0 Å². The fourth-order valence-electron chi connectivity index (χ4n) is 2.28. The largest absolute Gasteiger partial charge is 0.389 e. The summed E-state index contributed by atoms with van der Waals surface area (Å²) in [5.74, 6) is 1.72. The van der Waals surface area contributed by atoms with Gasteiger partial charge in [-0.15, -0.1) is 0 Å². The van der Waals surface area contributed by atoms with Crippen molar-refractivity contribution in [3.05, 3.63) is 23.9 Å². The molecule has 0 aliphatic heterocycles. The Labute approximate surface area is 108 Å². The van der Waals surface area contributed by atoms with Crippen molar-refractivity contribution in [2.45, 2.75) is 32.1 Å². The van der Waals surface area contributed by atoms with Crippen LogP contribution in [0.2, 0.25) is 0 Å².